The number of methoxy groups -OCH3 is 1. The Morgan fingerprint density at radius 2 is 1.76 bits per heavy atom. The first-order valence-electron chi connectivity index (χ1n) is 10.3. The number of likely N-dealkylation sites (tertiary alicyclic amines) is 2. The fraction of sp³-hybridized carbons (Fsp3) is 0.950. The van der Waals surface area contributed by atoms with E-state index in [1.54, 1.807) is 7.11 Å². The predicted molar refractivity (Wildman–Crippen MR) is 98.4 cm³/mol. The van der Waals surface area contributed by atoms with E-state index < -0.39 is 5.60 Å². The van der Waals surface area contributed by atoms with Gasteiger partial charge in [0.1, 0.15) is 0 Å². The van der Waals surface area contributed by atoms with Gasteiger partial charge in [0.15, 0.2) is 5.60 Å². The van der Waals surface area contributed by atoms with E-state index in [0.29, 0.717) is 24.8 Å². The van der Waals surface area contributed by atoms with Gasteiger partial charge in [-0.3, -0.25) is 9.69 Å². The molecule has 1 N–H and O–H groups in total. The van der Waals surface area contributed by atoms with Crippen LogP contribution in [0, 0.1) is 11.8 Å². The Morgan fingerprint density at radius 1 is 1.04 bits per heavy atom. The van der Waals surface area contributed by atoms with Crippen molar-refractivity contribution < 1.29 is 14.6 Å². The first-order chi connectivity index (χ1) is 12.1. The fourth-order valence-corrected chi connectivity index (χ4v) is 4.98. The predicted octanol–water partition coefficient (Wildman–Crippen LogP) is 2.28. The monoisotopic (exact) mass is 352 g/mol. The Hall–Kier alpha value is -0.650. The Balaban J connectivity index is 1.52. The zero-order valence-corrected chi connectivity index (χ0v) is 15.9. The average molecular weight is 353 g/mol. The van der Waals surface area contributed by atoms with E-state index in [1.807, 2.05) is 4.90 Å². The summed E-state index contributed by atoms with van der Waals surface area (Å²) in [4.78, 5) is 17.2. The van der Waals surface area contributed by atoms with Gasteiger partial charge in [-0.05, 0) is 63.5 Å². The molecule has 0 aromatic carbocycles. The largest absolute Gasteiger partial charge is 0.384 e. The lowest BCUT2D eigenvalue weighted by Crippen LogP contribution is -2.60. The van der Waals surface area contributed by atoms with Gasteiger partial charge in [-0.1, -0.05) is 19.3 Å². The Morgan fingerprint density at radius 3 is 2.44 bits per heavy atom. The average Bonchev–Trinajstić information content (AvgIpc) is 2.62. The van der Waals surface area contributed by atoms with Gasteiger partial charge in [-0.15, -0.1) is 0 Å². The van der Waals surface area contributed by atoms with E-state index in [-0.39, 0.29) is 5.91 Å². The second kappa shape index (κ2) is 8.83. The van der Waals surface area contributed by atoms with Gasteiger partial charge in [-0.25, -0.2) is 0 Å². The molecule has 0 unspecified atom stereocenters. The smallest absolute Gasteiger partial charge is 0.255 e. The number of aliphatic hydroxyl groups is 1. The topological polar surface area (TPSA) is 53.0 Å². The van der Waals surface area contributed by atoms with Crippen molar-refractivity contribution >= 4 is 5.91 Å². The van der Waals surface area contributed by atoms with Crippen LogP contribution in [0.5, 0.6) is 0 Å². The van der Waals surface area contributed by atoms with E-state index >= 15 is 0 Å². The number of piperidine rings is 2. The Bertz CT molecular complexity index is 431. The molecule has 2 saturated heterocycles. The summed E-state index contributed by atoms with van der Waals surface area (Å²) in [5.74, 6) is 1.26. The second-order valence-electron chi connectivity index (χ2n) is 8.57. The highest BCUT2D eigenvalue weighted by Crippen LogP contribution is 2.30. The molecule has 1 amide bonds. The van der Waals surface area contributed by atoms with Crippen molar-refractivity contribution in [1.82, 2.24) is 9.80 Å². The van der Waals surface area contributed by atoms with Crippen LogP contribution >= 0.6 is 0 Å². The summed E-state index contributed by atoms with van der Waals surface area (Å²) >= 11 is 0. The molecule has 5 heteroatoms. The molecule has 1 saturated carbocycles. The quantitative estimate of drug-likeness (QED) is 0.797. The Kier molecular flexibility index (Phi) is 6.75. The van der Waals surface area contributed by atoms with Crippen LogP contribution in [0.2, 0.25) is 0 Å². The Labute approximate surface area is 152 Å². The van der Waals surface area contributed by atoms with Crippen molar-refractivity contribution in [3.8, 4) is 0 Å². The fourth-order valence-electron chi connectivity index (χ4n) is 4.98. The third-order valence-corrected chi connectivity index (χ3v) is 6.50. The van der Waals surface area contributed by atoms with Gasteiger partial charge in [0.25, 0.3) is 5.91 Å². The zero-order valence-electron chi connectivity index (χ0n) is 15.9. The first-order valence-corrected chi connectivity index (χ1v) is 10.3. The molecule has 0 spiro atoms. The molecule has 3 aliphatic rings. The number of carbonyl (C=O) groups excluding carboxylic acids is 1. The molecule has 0 bridgehead atoms. The minimum absolute atomic E-state index is 0.0108. The molecule has 144 valence electrons. The van der Waals surface area contributed by atoms with Crippen LogP contribution in [0.15, 0.2) is 0 Å². The number of hydrogen-bond acceptors (Lipinski definition) is 4. The third-order valence-electron chi connectivity index (χ3n) is 6.50. The lowest BCUT2D eigenvalue weighted by atomic mass is 9.86. The standard InChI is InChI=1S/C20H36N2O3/c1-25-15-18-8-12-21(13-9-18)16-20(24)10-5-11-22(19(20)23)14-17-6-3-2-4-7-17/h17-18,24H,2-16H2,1H3/t20-/m0/s1. The molecule has 2 heterocycles. The highest BCUT2D eigenvalue weighted by Gasteiger charge is 2.44. The number of amides is 1. The van der Waals surface area contributed by atoms with Crippen molar-refractivity contribution in [3.63, 3.8) is 0 Å². The summed E-state index contributed by atoms with van der Waals surface area (Å²) in [6, 6.07) is 0. The van der Waals surface area contributed by atoms with Crippen LogP contribution in [0.4, 0.5) is 0 Å². The molecular weight excluding hydrogens is 316 g/mol. The third kappa shape index (κ3) is 4.95. The molecule has 2 aliphatic heterocycles. The van der Waals surface area contributed by atoms with Crippen LogP contribution in [0.25, 0.3) is 0 Å². The molecular formula is C20H36N2O3. The molecule has 0 aromatic rings. The highest BCUT2D eigenvalue weighted by atomic mass is 16.5. The number of ether oxygens (including phenoxy) is 1. The van der Waals surface area contributed by atoms with Crippen LogP contribution in [-0.4, -0.2) is 72.9 Å². The summed E-state index contributed by atoms with van der Waals surface area (Å²) in [7, 11) is 1.76. The number of hydrogen-bond donors (Lipinski definition) is 1. The minimum Gasteiger partial charge on any atom is -0.384 e. The van der Waals surface area contributed by atoms with Gasteiger partial charge >= 0.3 is 0 Å². The van der Waals surface area contributed by atoms with Crippen molar-refractivity contribution in [2.75, 3.05) is 46.4 Å². The number of carbonyl (C=O) groups is 1. The number of nitrogens with zero attached hydrogens (tertiary/aromatic N) is 2. The van der Waals surface area contributed by atoms with Crippen LogP contribution < -0.4 is 0 Å². The molecule has 1 aliphatic carbocycles. The van der Waals surface area contributed by atoms with Crippen molar-refractivity contribution in [2.24, 2.45) is 11.8 Å². The van der Waals surface area contributed by atoms with Crippen LogP contribution in [0.1, 0.15) is 57.8 Å². The summed E-state index contributed by atoms with van der Waals surface area (Å²) in [5.41, 5.74) is -1.17. The van der Waals surface area contributed by atoms with Crippen molar-refractivity contribution in [2.45, 2.75) is 63.4 Å². The molecule has 5 nitrogen and oxygen atoms in total. The summed E-state index contributed by atoms with van der Waals surface area (Å²) in [6.45, 7) is 4.95. The first kappa shape index (κ1) is 19.1. The van der Waals surface area contributed by atoms with Gasteiger partial charge in [0.05, 0.1) is 0 Å². The van der Waals surface area contributed by atoms with Crippen LogP contribution in [-0.2, 0) is 9.53 Å². The molecule has 25 heavy (non-hydrogen) atoms. The molecule has 0 radical (unpaired) electrons. The normalized spacial score (nSPS) is 30.8. The summed E-state index contributed by atoms with van der Waals surface area (Å²) in [6.07, 6.45) is 10.2. The van der Waals surface area contributed by atoms with Gasteiger partial charge in [0, 0.05) is 33.4 Å². The SMILES string of the molecule is COCC1CCN(C[C@@]2(O)CCCN(CC3CCCCC3)C2=O)CC1. The maximum absolute atomic E-state index is 13.0. The summed E-state index contributed by atoms with van der Waals surface area (Å²) in [5, 5.41) is 11.1. The van der Waals surface area contributed by atoms with Crippen molar-refractivity contribution in [3.05, 3.63) is 0 Å². The van der Waals surface area contributed by atoms with E-state index in [2.05, 4.69) is 4.90 Å². The lowest BCUT2D eigenvalue weighted by molar-refractivity contribution is -0.161. The summed E-state index contributed by atoms with van der Waals surface area (Å²) < 4.78 is 5.26. The van der Waals surface area contributed by atoms with Gasteiger partial charge < -0.3 is 14.7 Å². The molecule has 3 rings (SSSR count). The number of rotatable bonds is 6. The molecule has 1 atom stereocenters. The van der Waals surface area contributed by atoms with E-state index in [9.17, 15) is 9.90 Å². The minimum atomic E-state index is -1.17. The maximum atomic E-state index is 13.0. The van der Waals surface area contributed by atoms with Crippen LogP contribution in [0.3, 0.4) is 0 Å². The second-order valence-corrected chi connectivity index (χ2v) is 8.57. The van der Waals surface area contributed by atoms with E-state index in [1.165, 1.54) is 32.1 Å². The van der Waals surface area contributed by atoms with E-state index in [0.717, 1.165) is 52.0 Å². The number of β-amino-alcohol motifs (C(OH)–C–C–N with tert-alkyl or cyclic N) is 1. The highest BCUT2D eigenvalue weighted by molar-refractivity contribution is 5.86. The maximum Gasteiger partial charge on any atom is 0.255 e. The van der Waals surface area contributed by atoms with Crippen molar-refractivity contribution in [1.29, 1.82) is 0 Å². The van der Waals surface area contributed by atoms with Gasteiger partial charge in [0.2, 0.25) is 0 Å². The van der Waals surface area contributed by atoms with Gasteiger partial charge in [-0.2, -0.15) is 0 Å². The van der Waals surface area contributed by atoms with E-state index in [4.69, 9.17) is 4.74 Å². The lowest BCUT2D eigenvalue weighted by Gasteiger charge is -2.43. The molecule has 3 fully saturated rings. The zero-order chi connectivity index (χ0) is 17.7. The molecule has 0 aromatic heterocycles.